The number of nitrogens with zero attached hydrogens (tertiary/aromatic N) is 1. The van der Waals surface area contributed by atoms with Crippen molar-refractivity contribution in [3.05, 3.63) is 41.1 Å². The van der Waals surface area contributed by atoms with Gasteiger partial charge in [0.2, 0.25) is 0 Å². The Hall–Kier alpha value is -3.07. The summed E-state index contributed by atoms with van der Waals surface area (Å²) < 4.78 is 15.5. The summed E-state index contributed by atoms with van der Waals surface area (Å²) in [5.41, 5.74) is 1.50. The van der Waals surface area contributed by atoms with Gasteiger partial charge in [0.15, 0.2) is 0 Å². The first-order valence-corrected chi connectivity index (χ1v) is 10.4. The normalized spacial score (nSPS) is 21.7. The monoisotopic (exact) mass is 431 g/mol. The largest absolute Gasteiger partial charge is 0.497 e. The van der Waals surface area contributed by atoms with Crippen LogP contribution in [0.3, 0.4) is 0 Å². The Bertz CT molecular complexity index is 869. The van der Waals surface area contributed by atoms with Crippen molar-refractivity contribution in [1.82, 2.24) is 15.5 Å². The van der Waals surface area contributed by atoms with Gasteiger partial charge in [0.1, 0.15) is 5.75 Å². The molecule has 2 amide bonds. The van der Waals surface area contributed by atoms with Crippen molar-refractivity contribution in [3.8, 4) is 5.75 Å². The number of methoxy groups -OCH3 is 2. The molecule has 1 aromatic carbocycles. The Kier molecular flexibility index (Phi) is 7.51. The lowest BCUT2D eigenvalue weighted by molar-refractivity contribution is -0.150. The number of hydrogen-bond donors (Lipinski definition) is 2. The van der Waals surface area contributed by atoms with Gasteiger partial charge in [-0.2, -0.15) is 0 Å². The zero-order chi connectivity index (χ0) is 22.4. The standard InChI is InChI=1S/C22H29N3O6/c1-4-31-20(26)15-8-6-10-25(12-15)13-17-18(21(27)30-3)19(24-22(28)23-17)14-7-5-9-16(11-14)29-2/h5,7,9,11,15,19H,4,6,8,10,12-13H2,1-3H3,(H2,23,24,28)/t15-,19-/m1/s1. The van der Waals surface area contributed by atoms with Crippen molar-refractivity contribution in [1.29, 1.82) is 0 Å². The quantitative estimate of drug-likeness (QED) is 0.634. The van der Waals surface area contributed by atoms with Crippen LogP contribution in [0, 0.1) is 5.92 Å². The molecule has 9 nitrogen and oxygen atoms in total. The Labute approximate surface area is 181 Å². The number of piperidine rings is 1. The minimum atomic E-state index is -0.683. The van der Waals surface area contributed by atoms with E-state index in [1.54, 1.807) is 32.2 Å². The number of amides is 2. The van der Waals surface area contributed by atoms with Crippen LogP contribution in [0.1, 0.15) is 31.4 Å². The van der Waals surface area contributed by atoms with Gasteiger partial charge >= 0.3 is 18.0 Å². The molecule has 1 aromatic rings. The molecule has 0 spiro atoms. The van der Waals surface area contributed by atoms with Gasteiger partial charge in [-0.05, 0) is 44.0 Å². The Morgan fingerprint density at radius 2 is 2.06 bits per heavy atom. The third kappa shape index (κ3) is 5.35. The lowest BCUT2D eigenvalue weighted by atomic mass is 9.93. The summed E-state index contributed by atoms with van der Waals surface area (Å²) in [6.45, 7) is 3.70. The molecular weight excluding hydrogens is 402 g/mol. The van der Waals surface area contributed by atoms with Gasteiger partial charge in [0, 0.05) is 18.8 Å². The van der Waals surface area contributed by atoms with E-state index in [9.17, 15) is 14.4 Å². The van der Waals surface area contributed by atoms with Crippen LogP contribution in [-0.4, -0.2) is 63.3 Å². The highest BCUT2D eigenvalue weighted by Gasteiger charge is 2.35. The molecule has 0 aromatic heterocycles. The van der Waals surface area contributed by atoms with Crippen LogP contribution < -0.4 is 15.4 Å². The van der Waals surface area contributed by atoms with Gasteiger partial charge in [-0.15, -0.1) is 0 Å². The minimum Gasteiger partial charge on any atom is -0.497 e. The molecule has 0 unspecified atom stereocenters. The van der Waals surface area contributed by atoms with Gasteiger partial charge < -0.3 is 24.8 Å². The molecule has 2 aliphatic heterocycles. The average Bonchev–Trinajstić information content (AvgIpc) is 2.78. The van der Waals surface area contributed by atoms with Crippen LogP contribution in [0.5, 0.6) is 5.75 Å². The topological polar surface area (TPSA) is 106 Å². The molecule has 0 aliphatic carbocycles. The van der Waals surface area contributed by atoms with E-state index in [0.717, 1.165) is 19.4 Å². The van der Waals surface area contributed by atoms with Gasteiger partial charge in [0.05, 0.1) is 38.4 Å². The fourth-order valence-corrected chi connectivity index (χ4v) is 4.04. The molecule has 0 radical (unpaired) electrons. The minimum absolute atomic E-state index is 0.210. The van der Waals surface area contributed by atoms with Crippen LogP contribution in [0.4, 0.5) is 4.79 Å². The van der Waals surface area contributed by atoms with E-state index in [1.807, 2.05) is 6.07 Å². The molecule has 2 aliphatic rings. The van der Waals surface area contributed by atoms with Crippen molar-refractivity contribution in [2.45, 2.75) is 25.8 Å². The number of esters is 2. The lowest BCUT2D eigenvalue weighted by Gasteiger charge is -2.35. The van der Waals surface area contributed by atoms with E-state index in [1.165, 1.54) is 7.11 Å². The van der Waals surface area contributed by atoms with Gasteiger partial charge in [-0.3, -0.25) is 9.69 Å². The van der Waals surface area contributed by atoms with E-state index in [0.29, 0.717) is 42.3 Å². The van der Waals surface area contributed by atoms with Crippen LogP contribution in [-0.2, 0) is 19.1 Å². The third-order valence-electron chi connectivity index (χ3n) is 5.49. The fourth-order valence-electron chi connectivity index (χ4n) is 4.04. The van der Waals surface area contributed by atoms with E-state index in [-0.39, 0.29) is 11.9 Å². The van der Waals surface area contributed by atoms with E-state index in [2.05, 4.69) is 15.5 Å². The molecule has 31 heavy (non-hydrogen) atoms. The smallest absolute Gasteiger partial charge is 0.338 e. The molecule has 2 N–H and O–H groups in total. The number of urea groups is 1. The number of nitrogens with one attached hydrogen (secondary N) is 2. The maximum atomic E-state index is 12.7. The Morgan fingerprint density at radius 1 is 1.26 bits per heavy atom. The van der Waals surface area contributed by atoms with E-state index in [4.69, 9.17) is 14.2 Å². The van der Waals surface area contributed by atoms with Gasteiger partial charge in [0.25, 0.3) is 0 Å². The van der Waals surface area contributed by atoms with Crippen LogP contribution in [0.15, 0.2) is 35.5 Å². The first kappa shape index (κ1) is 22.6. The molecule has 3 rings (SSSR count). The first-order valence-electron chi connectivity index (χ1n) is 10.4. The van der Waals surface area contributed by atoms with Crippen molar-refractivity contribution in [2.75, 3.05) is 40.5 Å². The summed E-state index contributed by atoms with van der Waals surface area (Å²) in [6.07, 6.45) is 1.59. The molecule has 0 saturated carbocycles. The second-order valence-corrected chi connectivity index (χ2v) is 7.52. The first-order chi connectivity index (χ1) is 15.0. The average molecular weight is 431 g/mol. The number of hydrogen-bond acceptors (Lipinski definition) is 7. The number of rotatable bonds is 7. The van der Waals surface area contributed by atoms with Gasteiger partial charge in [-0.1, -0.05) is 12.1 Å². The molecule has 168 valence electrons. The van der Waals surface area contributed by atoms with Crippen LogP contribution >= 0.6 is 0 Å². The summed E-state index contributed by atoms with van der Waals surface area (Å²) in [5, 5.41) is 5.57. The fraction of sp³-hybridized carbons (Fsp3) is 0.500. The van der Waals surface area contributed by atoms with E-state index < -0.39 is 18.0 Å². The van der Waals surface area contributed by atoms with Crippen molar-refractivity contribution in [3.63, 3.8) is 0 Å². The Morgan fingerprint density at radius 3 is 2.77 bits per heavy atom. The molecule has 2 atom stereocenters. The van der Waals surface area contributed by atoms with E-state index >= 15 is 0 Å². The summed E-state index contributed by atoms with van der Waals surface area (Å²) in [6, 6.07) is 6.08. The SMILES string of the molecule is CCOC(=O)[C@@H]1CCCN(CC2=C(C(=O)OC)[C@@H](c3cccc(OC)c3)NC(=O)N2)C1. The molecule has 0 bridgehead atoms. The molecule has 9 heteroatoms. The second kappa shape index (κ2) is 10.3. The Balaban J connectivity index is 1.90. The molecule has 1 saturated heterocycles. The summed E-state index contributed by atoms with van der Waals surface area (Å²) in [7, 11) is 2.86. The lowest BCUT2D eigenvalue weighted by Crippen LogP contribution is -2.49. The van der Waals surface area contributed by atoms with Crippen molar-refractivity contribution < 1.29 is 28.6 Å². The molecule has 2 heterocycles. The highest BCUT2D eigenvalue weighted by molar-refractivity contribution is 5.95. The zero-order valence-electron chi connectivity index (χ0n) is 18.1. The maximum absolute atomic E-state index is 12.7. The number of benzene rings is 1. The van der Waals surface area contributed by atoms with Crippen molar-refractivity contribution >= 4 is 18.0 Å². The zero-order valence-corrected chi connectivity index (χ0v) is 18.1. The van der Waals surface area contributed by atoms with Gasteiger partial charge in [-0.25, -0.2) is 9.59 Å². The predicted molar refractivity (Wildman–Crippen MR) is 112 cm³/mol. The second-order valence-electron chi connectivity index (χ2n) is 7.52. The molecular formula is C22H29N3O6. The highest BCUT2D eigenvalue weighted by atomic mass is 16.5. The van der Waals surface area contributed by atoms with Crippen LogP contribution in [0.25, 0.3) is 0 Å². The number of carbonyl (C=O) groups is 3. The summed E-state index contributed by atoms with van der Waals surface area (Å²) in [5.74, 6) is -0.348. The number of likely N-dealkylation sites (tertiary alicyclic amines) is 1. The highest BCUT2D eigenvalue weighted by Crippen LogP contribution is 2.30. The summed E-state index contributed by atoms with van der Waals surface area (Å²) >= 11 is 0. The number of ether oxygens (including phenoxy) is 3. The third-order valence-corrected chi connectivity index (χ3v) is 5.49. The summed E-state index contributed by atoms with van der Waals surface area (Å²) in [4.78, 5) is 39.4. The maximum Gasteiger partial charge on any atom is 0.338 e. The predicted octanol–water partition coefficient (Wildman–Crippen LogP) is 1.75. The van der Waals surface area contributed by atoms with Crippen LogP contribution in [0.2, 0.25) is 0 Å². The molecule has 1 fully saturated rings. The number of carbonyl (C=O) groups excluding carboxylic acids is 3. The van der Waals surface area contributed by atoms with Crippen molar-refractivity contribution in [2.24, 2.45) is 5.92 Å².